The Morgan fingerprint density at radius 2 is 1.72 bits per heavy atom. The number of ether oxygens (including phenoxy) is 1. The largest absolute Gasteiger partial charge is 0.495 e. The number of anilines is 1. The van der Waals surface area contributed by atoms with Crippen molar-refractivity contribution in [3.05, 3.63) is 54.1 Å². The molecule has 8 nitrogen and oxygen atoms in total. The Labute approximate surface area is 171 Å². The van der Waals surface area contributed by atoms with E-state index < -0.39 is 36.8 Å². The molecule has 0 saturated heterocycles. The smallest absolute Gasteiger partial charge is 0.242 e. The maximum Gasteiger partial charge on any atom is 0.242 e. The van der Waals surface area contributed by atoms with E-state index in [9.17, 15) is 21.6 Å². The number of rotatable bonds is 8. The van der Waals surface area contributed by atoms with Crippen LogP contribution < -0.4 is 10.1 Å². The highest BCUT2D eigenvalue weighted by atomic mass is 32.2. The molecular weight excluding hydrogens is 416 g/mol. The molecule has 1 N–H and O–H groups in total. The minimum absolute atomic E-state index is 0.0127. The first-order valence-corrected chi connectivity index (χ1v) is 11.8. The summed E-state index contributed by atoms with van der Waals surface area (Å²) in [6, 6.07) is 12.3. The third-order valence-corrected chi connectivity index (χ3v) is 8.16. The standard InChI is InChI=1S/C19H24N2O6S2/c1-14(19(22)20-17-10-5-6-11-18(17)27-4)28(23,24)13-15-8-7-9-16(12-15)29(25,26)21(2)3/h5-12,14H,13H2,1-4H3,(H,20,22)/t14-/m1/s1. The molecule has 0 bridgehead atoms. The van der Waals surface area contributed by atoms with Gasteiger partial charge >= 0.3 is 0 Å². The van der Waals surface area contributed by atoms with E-state index >= 15 is 0 Å². The van der Waals surface area contributed by atoms with E-state index in [0.717, 1.165) is 4.31 Å². The van der Waals surface area contributed by atoms with E-state index in [1.165, 1.54) is 52.4 Å². The highest BCUT2D eigenvalue weighted by molar-refractivity contribution is 7.92. The number of sulfone groups is 1. The zero-order valence-electron chi connectivity index (χ0n) is 16.6. The molecule has 0 aromatic heterocycles. The molecule has 2 rings (SSSR count). The Morgan fingerprint density at radius 3 is 2.34 bits per heavy atom. The van der Waals surface area contributed by atoms with E-state index in [4.69, 9.17) is 4.74 Å². The number of carbonyl (C=O) groups excluding carboxylic acids is 1. The van der Waals surface area contributed by atoms with Crippen LogP contribution in [0.4, 0.5) is 5.69 Å². The Balaban J connectivity index is 2.22. The van der Waals surface area contributed by atoms with Gasteiger partial charge in [-0.1, -0.05) is 24.3 Å². The van der Waals surface area contributed by atoms with Gasteiger partial charge in [-0.15, -0.1) is 0 Å². The van der Waals surface area contributed by atoms with Crippen molar-refractivity contribution in [1.29, 1.82) is 0 Å². The van der Waals surface area contributed by atoms with Crippen LogP contribution in [0.2, 0.25) is 0 Å². The zero-order valence-corrected chi connectivity index (χ0v) is 18.2. The first-order valence-electron chi connectivity index (χ1n) is 8.66. The summed E-state index contributed by atoms with van der Waals surface area (Å²) in [5.41, 5.74) is 0.644. The predicted molar refractivity (Wildman–Crippen MR) is 111 cm³/mol. The summed E-state index contributed by atoms with van der Waals surface area (Å²) < 4.78 is 56.2. The Kier molecular flexibility index (Phi) is 7.04. The first kappa shape index (κ1) is 22.9. The van der Waals surface area contributed by atoms with Crippen LogP contribution in [-0.4, -0.2) is 53.5 Å². The van der Waals surface area contributed by atoms with Crippen LogP contribution in [0, 0.1) is 0 Å². The number of carbonyl (C=O) groups is 1. The second-order valence-electron chi connectivity index (χ2n) is 6.57. The summed E-state index contributed by atoms with van der Waals surface area (Å²) in [5.74, 6) is -0.761. The van der Waals surface area contributed by atoms with Crippen LogP contribution in [0.25, 0.3) is 0 Å². The molecule has 0 spiro atoms. The Hall–Kier alpha value is -2.43. The molecule has 29 heavy (non-hydrogen) atoms. The maximum atomic E-state index is 12.7. The fraction of sp³-hybridized carbons (Fsp3) is 0.316. The Morgan fingerprint density at radius 1 is 1.07 bits per heavy atom. The lowest BCUT2D eigenvalue weighted by Crippen LogP contribution is -2.33. The van der Waals surface area contributed by atoms with Gasteiger partial charge in [0.15, 0.2) is 9.84 Å². The topological polar surface area (TPSA) is 110 Å². The minimum Gasteiger partial charge on any atom is -0.495 e. The average molecular weight is 441 g/mol. The van der Waals surface area contributed by atoms with Crippen molar-refractivity contribution < 1.29 is 26.4 Å². The van der Waals surface area contributed by atoms with Gasteiger partial charge < -0.3 is 10.1 Å². The summed E-state index contributed by atoms with van der Waals surface area (Å²) >= 11 is 0. The van der Waals surface area contributed by atoms with Crippen molar-refractivity contribution in [3.63, 3.8) is 0 Å². The van der Waals surface area contributed by atoms with Gasteiger partial charge in [-0.3, -0.25) is 4.79 Å². The lowest BCUT2D eigenvalue weighted by atomic mass is 10.2. The predicted octanol–water partition coefficient (Wildman–Crippen LogP) is 1.89. The van der Waals surface area contributed by atoms with Gasteiger partial charge in [0.2, 0.25) is 15.9 Å². The van der Waals surface area contributed by atoms with Gasteiger partial charge in [0.25, 0.3) is 0 Å². The monoisotopic (exact) mass is 440 g/mol. The molecule has 0 aliphatic rings. The van der Waals surface area contributed by atoms with E-state index in [-0.39, 0.29) is 10.5 Å². The van der Waals surface area contributed by atoms with Crippen molar-refractivity contribution >= 4 is 31.5 Å². The molecule has 0 aliphatic carbocycles. The van der Waals surface area contributed by atoms with Crippen LogP contribution >= 0.6 is 0 Å². The summed E-state index contributed by atoms with van der Waals surface area (Å²) in [7, 11) is -3.36. The van der Waals surface area contributed by atoms with Crippen LogP contribution in [0.15, 0.2) is 53.4 Å². The number of hydrogen-bond acceptors (Lipinski definition) is 6. The molecule has 2 aromatic rings. The maximum absolute atomic E-state index is 12.7. The summed E-state index contributed by atoms with van der Waals surface area (Å²) in [4.78, 5) is 12.5. The fourth-order valence-corrected chi connectivity index (χ4v) is 4.76. The van der Waals surface area contributed by atoms with Gasteiger partial charge in [-0.05, 0) is 36.8 Å². The number of para-hydroxylation sites is 2. The summed E-state index contributed by atoms with van der Waals surface area (Å²) in [6.07, 6.45) is 0. The number of benzene rings is 2. The number of methoxy groups -OCH3 is 1. The summed E-state index contributed by atoms with van der Waals surface area (Å²) in [6.45, 7) is 1.29. The van der Waals surface area contributed by atoms with Crippen molar-refractivity contribution in [2.24, 2.45) is 0 Å². The average Bonchev–Trinajstić information content (AvgIpc) is 2.67. The normalized spacial score (nSPS) is 13.1. The number of sulfonamides is 1. The van der Waals surface area contributed by atoms with Gasteiger partial charge in [-0.25, -0.2) is 21.1 Å². The fourth-order valence-electron chi connectivity index (χ4n) is 2.51. The highest BCUT2D eigenvalue weighted by Crippen LogP contribution is 2.24. The minimum atomic E-state index is -3.90. The molecule has 0 fully saturated rings. The van der Waals surface area contributed by atoms with Crippen LogP contribution in [0.1, 0.15) is 12.5 Å². The van der Waals surface area contributed by atoms with Gasteiger partial charge in [0, 0.05) is 14.1 Å². The first-order chi connectivity index (χ1) is 13.5. The van der Waals surface area contributed by atoms with Crippen LogP contribution in [-0.2, 0) is 30.4 Å². The van der Waals surface area contributed by atoms with Crippen molar-refractivity contribution in [2.45, 2.75) is 22.8 Å². The molecule has 1 amide bonds. The van der Waals surface area contributed by atoms with Crippen molar-refractivity contribution in [1.82, 2.24) is 4.31 Å². The molecule has 0 saturated carbocycles. The Bertz CT molecular complexity index is 1100. The molecule has 2 aromatic carbocycles. The van der Waals surface area contributed by atoms with E-state index in [1.54, 1.807) is 24.3 Å². The number of amides is 1. The molecular formula is C19H24N2O6S2. The quantitative estimate of drug-likeness (QED) is 0.671. The van der Waals surface area contributed by atoms with E-state index in [1.807, 2.05) is 0 Å². The molecule has 158 valence electrons. The lowest BCUT2D eigenvalue weighted by Gasteiger charge is -2.16. The number of nitrogens with one attached hydrogen (secondary N) is 1. The SMILES string of the molecule is COc1ccccc1NC(=O)[C@@H](C)S(=O)(=O)Cc1cccc(S(=O)(=O)N(C)C)c1. The molecule has 0 radical (unpaired) electrons. The molecule has 0 aliphatic heterocycles. The van der Waals surface area contributed by atoms with E-state index in [2.05, 4.69) is 5.32 Å². The van der Waals surface area contributed by atoms with Gasteiger partial charge in [0.1, 0.15) is 11.0 Å². The molecule has 1 atom stereocenters. The molecule has 0 unspecified atom stereocenters. The van der Waals surface area contributed by atoms with Crippen LogP contribution in [0.5, 0.6) is 5.75 Å². The lowest BCUT2D eigenvalue weighted by molar-refractivity contribution is -0.115. The van der Waals surface area contributed by atoms with Crippen LogP contribution in [0.3, 0.4) is 0 Å². The summed E-state index contributed by atoms with van der Waals surface area (Å²) in [5, 5.41) is 1.21. The second-order valence-corrected chi connectivity index (χ2v) is 11.0. The van der Waals surface area contributed by atoms with Crippen molar-refractivity contribution in [2.75, 3.05) is 26.5 Å². The second kappa shape index (κ2) is 8.93. The number of hydrogen-bond donors (Lipinski definition) is 1. The number of nitrogens with zero attached hydrogens (tertiary/aromatic N) is 1. The van der Waals surface area contributed by atoms with E-state index in [0.29, 0.717) is 11.4 Å². The highest BCUT2D eigenvalue weighted by Gasteiger charge is 2.29. The van der Waals surface area contributed by atoms with Gasteiger partial charge in [0.05, 0.1) is 23.4 Å². The van der Waals surface area contributed by atoms with Crippen molar-refractivity contribution in [3.8, 4) is 5.75 Å². The third-order valence-electron chi connectivity index (χ3n) is 4.32. The third kappa shape index (κ3) is 5.34. The molecule has 0 heterocycles. The van der Waals surface area contributed by atoms with Gasteiger partial charge in [-0.2, -0.15) is 0 Å². The zero-order chi connectivity index (χ0) is 21.8. The molecule has 10 heteroatoms.